The first-order valence-electron chi connectivity index (χ1n) is 9.72. The van der Waals surface area contributed by atoms with Gasteiger partial charge < -0.3 is 5.11 Å². The van der Waals surface area contributed by atoms with Crippen molar-refractivity contribution in [3.63, 3.8) is 0 Å². The summed E-state index contributed by atoms with van der Waals surface area (Å²) < 4.78 is 0. The second kappa shape index (κ2) is 5.70. The Labute approximate surface area is 163 Å². The van der Waals surface area contributed by atoms with Gasteiger partial charge in [0.05, 0.1) is 0 Å². The summed E-state index contributed by atoms with van der Waals surface area (Å²) in [6, 6.07) is 6.01. The maximum Gasteiger partial charge on any atom is 0.190 e. The lowest BCUT2D eigenvalue weighted by molar-refractivity contribution is -0.267. The molecule has 0 radical (unpaired) electrons. The van der Waals surface area contributed by atoms with Gasteiger partial charge in [-0.15, -0.1) is 0 Å². The molecule has 0 amide bonds. The third-order valence-electron chi connectivity index (χ3n) is 5.49. The van der Waals surface area contributed by atoms with Crippen molar-refractivity contribution in [3.05, 3.63) is 46.0 Å². The Morgan fingerprint density at radius 3 is 1.85 bits per heavy atom. The van der Waals surface area contributed by atoms with Crippen LogP contribution in [0, 0.1) is 5.41 Å². The molecule has 0 bridgehead atoms. The van der Waals surface area contributed by atoms with Crippen molar-refractivity contribution in [2.24, 2.45) is 5.41 Å². The molecular formula is C25H31O2-. The van der Waals surface area contributed by atoms with E-state index in [0.717, 1.165) is 27.6 Å². The van der Waals surface area contributed by atoms with Gasteiger partial charge in [0.25, 0.3) is 0 Å². The van der Waals surface area contributed by atoms with Crippen molar-refractivity contribution >= 4 is 22.6 Å². The van der Waals surface area contributed by atoms with E-state index in [-0.39, 0.29) is 27.8 Å². The normalized spacial score (nSPS) is 15.3. The molecule has 0 atom stereocenters. The minimum Gasteiger partial charge on any atom is -0.872 e. The number of ketones is 1. The SMILES string of the molecule is CC(C)(C)C1=Cc2cc(C(C)(C)C)c([O-])c3cc(C(C)(C)C)cc(c23)C1=O. The molecule has 0 fully saturated rings. The third-order valence-corrected chi connectivity index (χ3v) is 5.49. The monoisotopic (exact) mass is 363 g/mol. The lowest BCUT2D eigenvalue weighted by Gasteiger charge is -2.33. The molecule has 0 saturated heterocycles. The second-order valence-corrected chi connectivity index (χ2v) is 10.9. The highest BCUT2D eigenvalue weighted by molar-refractivity contribution is 6.24. The zero-order chi connectivity index (χ0) is 20.5. The van der Waals surface area contributed by atoms with Crippen LogP contribution in [0.4, 0.5) is 0 Å². The van der Waals surface area contributed by atoms with E-state index in [0.29, 0.717) is 10.9 Å². The molecule has 27 heavy (non-hydrogen) atoms. The lowest BCUT2D eigenvalue weighted by Crippen LogP contribution is -2.23. The highest BCUT2D eigenvalue weighted by atomic mass is 16.3. The fourth-order valence-corrected chi connectivity index (χ4v) is 3.78. The van der Waals surface area contributed by atoms with Crippen molar-refractivity contribution in [3.8, 4) is 5.75 Å². The van der Waals surface area contributed by atoms with Gasteiger partial charge in [-0.25, -0.2) is 0 Å². The second-order valence-electron chi connectivity index (χ2n) is 10.9. The van der Waals surface area contributed by atoms with Crippen LogP contribution < -0.4 is 5.11 Å². The van der Waals surface area contributed by atoms with E-state index in [1.54, 1.807) is 0 Å². The highest BCUT2D eigenvalue weighted by Crippen LogP contribution is 2.45. The van der Waals surface area contributed by atoms with Crippen molar-refractivity contribution in [2.75, 3.05) is 0 Å². The largest absolute Gasteiger partial charge is 0.872 e. The molecule has 0 heterocycles. The highest BCUT2D eigenvalue weighted by Gasteiger charge is 2.32. The Kier molecular flexibility index (Phi) is 4.15. The summed E-state index contributed by atoms with van der Waals surface area (Å²) in [5, 5.41) is 14.8. The van der Waals surface area contributed by atoms with Crippen molar-refractivity contribution in [2.45, 2.75) is 73.1 Å². The molecule has 2 aromatic rings. The Balaban J connectivity index is 2.52. The van der Waals surface area contributed by atoms with Gasteiger partial charge in [0.1, 0.15) is 0 Å². The fraction of sp³-hybridized carbons (Fsp3) is 0.480. The molecule has 2 nitrogen and oxygen atoms in total. The van der Waals surface area contributed by atoms with Crippen molar-refractivity contribution in [1.29, 1.82) is 0 Å². The molecule has 0 aromatic heterocycles. The van der Waals surface area contributed by atoms with Gasteiger partial charge in [-0.3, -0.25) is 4.79 Å². The minimum atomic E-state index is -0.253. The Morgan fingerprint density at radius 2 is 1.37 bits per heavy atom. The zero-order valence-electron chi connectivity index (χ0n) is 18.1. The molecule has 144 valence electrons. The summed E-state index contributed by atoms with van der Waals surface area (Å²) in [5.41, 5.74) is 3.67. The first-order chi connectivity index (χ1) is 12.1. The van der Waals surface area contributed by atoms with E-state index < -0.39 is 0 Å². The number of carbonyl (C=O) groups excluding carboxylic acids is 1. The van der Waals surface area contributed by atoms with Crippen LogP contribution in [0.1, 0.15) is 89.4 Å². The molecule has 2 aromatic carbocycles. The molecule has 0 aliphatic heterocycles. The van der Waals surface area contributed by atoms with Crippen molar-refractivity contribution in [1.82, 2.24) is 0 Å². The van der Waals surface area contributed by atoms with Gasteiger partial charge >= 0.3 is 0 Å². The van der Waals surface area contributed by atoms with E-state index in [1.807, 2.05) is 24.3 Å². The molecule has 0 spiro atoms. The topological polar surface area (TPSA) is 40.1 Å². The molecule has 1 aliphatic carbocycles. The molecule has 3 rings (SSSR count). The van der Waals surface area contributed by atoms with Crippen LogP contribution in [0.5, 0.6) is 5.75 Å². The standard InChI is InChI=1S/C25H32O2/c1-23(2,3)15-12-16-20-14(10-18(21(16)26)24(4,5)6)11-19(25(7,8)9)22(27)17(20)13-15/h10-13,26H,1-9H3/p-1. The number of carbonyl (C=O) groups is 1. The molecular weight excluding hydrogens is 332 g/mol. The first-order valence-corrected chi connectivity index (χ1v) is 9.72. The third kappa shape index (κ3) is 3.20. The number of hydrogen-bond acceptors (Lipinski definition) is 2. The Morgan fingerprint density at radius 1 is 0.778 bits per heavy atom. The van der Waals surface area contributed by atoms with Crippen LogP contribution in [-0.2, 0) is 10.8 Å². The number of allylic oxidation sites excluding steroid dienone is 1. The van der Waals surface area contributed by atoms with Crippen LogP contribution in [0.2, 0.25) is 0 Å². The van der Waals surface area contributed by atoms with Crippen LogP contribution in [0.3, 0.4) is 0 Å². The summed E-state index contributed by atoms with van der Waals surface area (Å²) in [6.45, 7) is 18.8. The molecule has 2 heteroatoms. The number of Topliss-reactive ketones (excluding diaryl/α,β-unsaturated/α-hetero) is 1. The number of rotatable bonds is 0. The summed E-state index contributed by atoms with van der Waals surface area (Å²) in [4.78, 5) is 13.4. The maximum absolute atomic E-state index is 13.4. The minimum absolute atomic E-state index is 0.0500. The predicted octanol–water partition coefficient (Wildman–Crippen LogP) is 6.13. The van der Waals surface area contributed by atoms with Crippen LogP contribution >= 0.6 is 0 Å². The van der Waals surface area contributed by atoms with Gasteiger partial charge in [0.2, 0.25) is 0 Å². The van der Waals surface area contributed by atoms with Crippen LogP contribution in [0.15, 0.2) is 23.8 Å². The maximum atomic E-state index is 13.4. The molecule has 0 unspecified atom stereocenters. The van der Waals surface area contributed by atoms with E-state index in [4.69, 9.17) is 0 Å². The first kappa shape index (κ1) is 19.7. The molecule has 1 aliphatic rings. The summed E-state index contributed by atoms with van der Waals surface area (Å²) in [5.74, 6) is 0.100. The number of benzene rings is 2. The summed E-state index contributed by atoms with van der Waals surface area (Å²) in [6.07, 6.45) is 2.00. The molecule has 0 N–H and O–H groups in total. The summed E-state index contributed by atoms with van der Waals surface area (Å²) >= 11 is 0. The molecule has 0 saturated carbocycles. The van der Waals surface area contributed by atoms with E-state index in [2.05, 4.69) is 62.3 Å². The van der Waals surface area contributed by atoms with Gasteiger partial charge in [0.15, 0.2) is 5.78 Å². The average molecular weight is 364 g/mol. The van der Waals surface area contributed by atoms with E-state index in [9.17, 15) is 9.90 Å². The van der Waals surface area contributed by atoms with Crippen LogP contribution in [-0.4, -0.2) is 5.78 Å². The average Bonchev–Trinajstić information content (AvgIpc) is 2.49. The van der Waals surface area contributed by atoms with Gasteiger partial charge in [-0.2, -0.15) is 0 Å². The van der Waals surface area contributed by atoms with Gasteiger partial charge in [0, 0.05) is 11.1 Å². The summed E-state index contributed by atoms with van der Waals surface area (Å²) in [7, 11) is 0. The smallest absolute Gasteiger partial charge is 0.190 e. The Bertz CT molecular complexity index is 984. The zero-order valence-corrected chi connectivity index (χ0v) is 18.1. The van der Waals surface area contributed by atoms with Crippen LogP contribution in [0.25, 0.3) is 16.8 Å². The van der Waals surface area contributed by atoms with Gasteiger partial charge in [-0.1, -0.05) is 80.2 Å². The quantitative estimate of drug-likeness (QED) is 0.564. The Hall–Kier alpha value is -2.09. The fourth-order valence-electron chi connectivity index (χ4n) is 3.78. The van der Waals surface area contributed by atoms with Gasteiger partial charge in [-0.05, 0) is 55.9 Å². The predicted molar refractivity (Wildman–Crippen MR) is 113 cm³/mol. The van der Waals surface area contributed by atoms with Crippen molar-refractivity contribution < 1.29 is 9.90 Å². The van der Waals surface area contributed by atoms with E-state index >= 15 is 0 Å². The van der Waals surface area contributed by atoms with E-state index in [1.165, 1.54) is 0 Å². The lowest BCUT2D eigenvalue weighted by atomic mass is 9.73. The number of hydrogen-bond donors (Lipinski definition) is 0.